The molecule has 0 amide bonds. The molecule has 4 bridgehead atoms. The molecule has 378 valence electrons. The van der Waals surface area contributed by atoms with E-state index in [0.29, 0.717) is 22.4 Å². The van der Waals surface area contributed by atoms with Crippen LogP contribution in [0.4, 0.5) is 0 Å². The Bertz CT molecular complexity index is 2710. The number of thiol groups is 1. The first kappa shape index (κ1) is 59.9. The average molecular weight is 1150 g/mol. The maximum atomic E-state index is 9.97. The molecule has 0 spiro atoms. The Kier molecular flexibility index (Phi) is 23.1. The summed E-state index contributed by atoms with van der Waals surface area (Å²) in [5, 5.41) is 16.5. The van der Waals surface area contributed by atoms with Crippen molar-refractivity contribution in [2.24, 2.45) is 11.8 Å². The van der Waals surface area contributed by atoms with Crippen LogP contribution in [-0.4, -0.2) is 72.8 Å². The summed E-state index contributed by atoms with van der Waals surface area (Å²) in [5.41, 5.74) is 9.16. The van der Waals surface area contributed by atoms with Gasteiger partial charge in [-0.3, -0.25) is 19.7 Å². The number of pyridine rings is 2. The molecule has 6 aliphatic rings. The van der Waals surface area contributed by atoms with E-state index in [1.807, 2.05) is 12.4 Å². The van der Waals surface area contributed by atoms with Crippen molar-refractivity contribution in [1.82, 2.24) is 20.2 Å². The molecule has 4 fully saturated rings. The maximum absolute atomic E-state index is 9.97. The molecule has 9 nitrogen and oxygen atoms in total. The number of aldehydes is 1. The molecule has 4 aromatic rings. The van der Waals surface area contributed by atoms with Gasteiger partial charge in [0.15, 0.2) is 11.7 Å². The van der Waals surface area contributed by atoms with E-state index in [4.69, 9.17) is 87.0 Å². The number of nitrogens with one attached hydrogen (secondary N) is 1. The van der Waals surface area contributed by atoms with E-state index in [1.165, 1.54) is 102 Å². The fourth-order valence-electron chi connectivity index (χ4n) is 11.7. The molecule has 10 rings (SSSR count). The first-order valence-corrected chi connectivity index (χ1v) is 35.1. The molecule has 4 aliphatic carbocycles. The standard InChI is InChI=1S/C23H28N2O.C17H23NO.C6H5NO.CHNS10.CH4O.CH4.ClH/c1-26-19-8-7-18-13-22-20-6-2-3-9-23(20,21(18)14-19)10-12-25(22)16-17-5-4-11-24-15-17;1-19-13-6-5-12-10-16-14-4-2-3-7-17(14,8-9-18-16)15(12)11-13;8-5-6-2-1-3-7-4-6;2-1-10(3,4)12(8,9)11(5,6)7;1-2;;/h4-5,7-8,11,14-15,20,22H,2-3,6,9-10,12-13,16H2,1H3;5-6,11,14,16,18H,2-4,7-10H2,1H3;1-5H;(H,5,6,7);2H,1H3;1H4;1H/t20?,22?,23-;14?,16?,17-;;;;;/m00...../s1. The minimum Gasteiger partial charge on any atom is -0.497 e. The molecular weight excluding hydrogens is 1080 g/mol. The zero-order valence-electron chi connectivity index (χ0n) is 38.6. The molecule has 2 saturated heterocycles. The lowest BCUT2D eigenvalue weighted by Crippen LogP contribution is -2.60. The van der Waals surface area contributed by atoms with Crippen molar-refractivity contribution >= 4 is 114 Å². The van der Waals surface area contributed by atoms with E-state index < -0.39 is 16.6 Å². The number of aliphatic hydroxyl groups excluding tert-OH is 1. The summed E-state index contributed by atoms with van der Waals surface area (Å²) in [6, 6.07) is 22.7. The van der Waals surface area contributed by atoms with Crippen LogP contribution in [0.5, 0.6) is 11.5 Å². The summed E-state index contributed by atoms with van der Waals surface area (Å²) in [4.78, 5) is 20.8. The molecule has 2 saturated carbocycles. The molecule has 2 aliphatic heterocycles. The Morgan fingerprint density at radius 3 is 1.88 bits per heavy atom. The van der Waals surface area contributed by atoms with Gasteiger partial charge in [-0.1, -0.05) is 63.0 Å². The number of thiocyanates is 1. The van der Waals surface area contributed by atoms with Crippen LogP contribution in [0.25, 0.3) is 0 Å². The molecule has 2 aromatic heterocycles. The summed E-state index contributed by atoms with van der Waals surface area (Å²) in [6.45, 7) is 3.43. The topological polar surface area (TPSA) is 121 Å². The lowest BCUT2D eigenvalue weighted by molar-refractivity contribution is -0.0157. The Balaban J connectivity index is 0.000000213. The smallest absolute Gasteiger partial charge is 0.152 e. The van der Waals surface area contributed by atoms with Crippen LogP contribution in [-0.2, 0) is 114 Å². The van der Waals surface area contributed by atoms with Crippen molar-refractivity contribution in [1.29, 1.82) is 5.26 Å². The number of nitrogens with zero attached hydrogens (tertiary/aromatic N) is 4. The number of aliphatic hydroxyl groups is 1. The average Bonchev–Trinajstić information content (AvgIpc) is 3.36. The van der Waals surface area contributed by atoms with Gasteiger partial charge in [-0.15, -0.1) is 12.4 Å². The van der Waals surface area contributed by atoms with Crippen LogP contribution in [0.2, 0.25) is 0 Å². The number of hydrogen-bond acceptors (Lipinski definition) is 15. The summed E-state index contributed by atoms with van der Waals surface area (Å²) in [5.74, 6) is 3.71. The lowest BCUT2D eigenvalue weighted by atomic mass is 9.52. The quantitative estimate of drug-likeness (QED) is 0.0706. The minimum absolute atomic E-state index is 0. The highest BCUT2D eigenvalue weighted by Crippen LogP contribution is 2.57. The largest absolute Gasteiger partial charge is 0.497 e. The van der Waals surface area contributed by atoms with E-state index in [-0.39, 0.29) is 19.8 Å². The first-order valence-electron chi connectivity index (χ1n) is 22.5. The van der Waals surface area contributed by atoms with Gasteiger partial charge < -0.3 is 19.9 Å². The highest BCUT2D eigenvalue weighted by Gasteiger charge is 2.54. The van der Waals surface area contributed by atoms with E-state index >= 15 is 0 Å². The fourth-order valence-corrected chi connectivity index (χ4v) is 33.4. The van der Waals surface area contributed by atoms with Crippen molar-refractivity contribution in [2.45, 2.75) is 114 Å². The molecule has 69 heavy (non-hydrogen) atoms. The fraction of sp³-hybridized carbons (Fsp3) is 0.510. The molecule has 4 heterocycles. The highest BCUT2D eigenvalue weighted by molar-refractivity contribution is 9.47. The summed E-state index contributed by atoms with van der Waals surface area (Å²) >= 11 is 33.3. The Morgan fingerprint density at radius 1 is 0.826 bits per heavy atom. The van der Waals surface area contributed by atoms with Crippen molar-refractivity contribution in [3.63, 3.8) is 0 Å². The zero-order chi connectivity index (χ0) is 48.5. The van der Waals surface area contributed by atoms with E-state index in [9.17, 15) is 4.79 Å². The second kappa shape index (κ2) is 26.6. The SMILES string of the molecule is C.CO.COc1ccc2c(c1)[C@]13CCCCC1C(C2)N(Cc1cccnc1)CC3.COc1ccc2c(c1)[C@]13CCCCC1C(C2)NCC3.Cl.N#CS(=S)(=S)S(=S)(=S)S(=S)(=S)S.O=Cc1cccnc1. The number of hydrogen-bond donors (Lipinski definition) is 3. The van der Waals surface area contributed by atoms with Gasteiger partial charge in [0.1, 0.15) is 11.5 Å². The van der Waals surface area contributed by atoms with Gasteiger partial charge in [0.05, 0.1) is 20.4 Å². The number of halogens is 1. The van der Waals surface area contributed by atoms with Crippen molar-refractivity contribution in [3.05, 3.63) is 119 Å². The number of methoxy groups -OCH3 is 2. The van der Waals surface area contributed by atoms with Gasteiger partial charge in [-0.2, -0.15) is 5.26 Å². The Hall–Kier alpha value is -1.61. The number of aromatic nitrogens is 2. The van der Waals surface area contributed by atoms with Gasteiger partial charge in [0.2, 0.25) is 0 Å². The number of carbonyl (C=O) groups is 1. The highest BCUT2D eigenvalue weighted by atomic mass is 35.5. The molecule has 4 unspecified atom stereocenters. The predicted molar refractivity (Wildman–Crippen MR) is 313 cm³/mol. The number of piperidine rings is 2. The summed E-state index contributed by atoms with van der Waals surface area (Å²) in [6.07, 6.45) is 21.4. The maximum Gasteiger partial charge on any atom is 0.152 e. The van der Waals surface area contributed by atoms with Crippen LogP contribution >= 0.6 is 24.1 Å². The number of likely N-dealkylation sites (tertiary alicyclic amines) is 1. The van der Waals surface area contributed by atoms with Crippen LogP contribution in [0.3, 0.4) is 0 Å². The zero-order valence-corrected chi connectivity index (χ0v) is 47.6. The van der Waals surface area contributed by atoms with Crippen molar-refractivity contribution in [3.8, 4) is 16.9 Å². The van der Waals surface area contributed by atoms with Crippen LogP contribution < -0.4 is 14.8 Å². The number of nitriles is 1. The van der Waals surface area contributed by atoms with Gasteiger partial charge in [-0.05, 0) is 214 Å². The van der Waals surface area contributed by atoms with Gasteiger partial charge in [-0.25, -0.2) is 0 Å². The summed E-state index contributed by atoms with van der Waals surface area (Å²) < 4.78 is 11.1. The number of fused-ring (bicyclic) bond motifs is 2. The van der Waals surface area contributed by atoms with Gasteiger partial charge in [0.25, 0.3) is 0 Å². The first-order chi connectivity index (χ1) is 32.1. The molecular formula is C49H66ClN5O4S10. The monoisotopic (exact) mass is 1140 g/mol. The predicted octanol–water partition coefficient (Wildman–Crippen LogP) is 9.33. The molecule has 6 atom stereocenters. The Labute approximate surface area is 450 Å². The third-order valence-electron chi connectivity index (χ3n) is 14.6. The van der Waals surface area contributed by atoms with E-state index in [2.05, 4.69) is 80.4 Å². The molecule has 2 N–H and O–H groups in total. The van der Waals surface area contributed by atoms with Crippen molar-refractivity contribution < 1.29 is 19.4 Å². The van der Waals surface area contributed by atoms with Crippen LogP contribution in [0.1, 0.15) is 110 Å². The number of rotatable bonds is 7. The third-order valence-corrected chi connectivity index (χ3v) is 52.1. The van der Waals surface area contributed by atoms with Crippen LogP contribution in [0, 0.1) is 22.5 Å². The number of ether oxygens (including phenoxy) is 2. The van der Waals surface area contributed by atoms with Gasteiger partial charge in [0, 0.05) is 77.3 Å². The van der Waals surface area contributed by atoms with E-state index in [1.54, 1.807) is 60.2 Å². The second-order valence-electron chi connectivity index (χ2n) is 17.7. The minimum atomic E-state index is -2.52. The van der Waals surface area contributed by atoms with Gasteiger partial charge >= 0.3 is 0 Å². The molecule has 2 aromatic carbocycles. The van der Waals surface area contributed by atoms with Crippen molar-refractivity contribution in [2.75, 3.05) is 34.4 Å². The lowest BCUT2D eigenvalue weighted by Gasteiger charge is -2.59. The molecule has 20 heteroatoms. The number of carbonyl (C=O) groups excluding carboxylic acids is 1. The normalized spacial score (nSPS) is 24.9. The van der Waals surface area contributed by atoms with E-state index in [0.717, 1.165) is 49.3 Å². The number of benzene rings is 2. The van der Waals surface area contributed by atoms with Crippen LogP contribution in [0.15, 0.2) is 85.5 Å². The second-order valence-corrected chi connectivity index (χ2v) is 46.9. The molecule has 0 radical (unpaired) electrons. The third kappa shape index (κ3) is 13.2. The summed E-state index contributed by atoms with van der Waals surface area (Å²) in [7, 11) is 4.58. The Morgan fingerprint density at radius 2 is 1.39 bits per heavy atom.